The molecule has 0 saturated heterocycles. The Kier molecular flexibility index (Phi) is 21.8. The van der Waals surface area contributed by atoms with Gasteiger partial charge in [-0.2, -0.15) is 0 Å². The van der Waals surface area contributed by atoms with Gasteiger partial charge in [0.25, 0.3) is 0 Å². The van der Waals surface area contributed by atoms with Gasteiger partial charge in [-0.05, 0) is 124 Å². The van der Waals surface area contributed by atoms with E-state index in [0.29, 0.717) is 60.3 Å². The van der Waals surface area contributed by atoms with Crippen molar-refractivity contribution >= 4 is 58.1 Å². The molecule has 0 fully saturated rings. The summed E-state index contributed by atoms with van der Waals surface area (Å²) in [6.07, 6.45) is 12.7. The SMILES string of the molecule is CC#Cc1cc(C)nc(Nc2ccccc2)n1.Cc1cc(C)nc(Nc2ccccc2)n1.OC(c1ccc(F)cc1)(c1cncnc1)c1ccccc1Cl.OC(c1ccccc1)(c1cncnc1)c1ccc(Cl)cc1Cl.c1cc[nH]c1. The van der Waals surface area contributed by atoms with Crippen LogP contribution in [0.5, 0.6) is 0 Å². The highest BCUT2D eigenvalue weighted by molar-refractivity contribution is 6.35. The van der Waals surface area contributed by atoms with Crippen molar-refractivity contribution in [3.63, 3.8) is 0 Å². The van der Waals surface area contributed by atoms with E-state index in [4.69, 9.17) is 34.8 Å². The standard InChI is InChI=1S/C17H12Cl2N2O.C17H12ClFN2O.C14H13N3.C12H13N3.C4H5N/c18-14-6-7-15(16(19)8-14)17(22,12-4-2-1-3-5-12)13-9-20-11-21-10-13;18-16-4-2-1-3-15(16)17(22,13-9-20-11-21-10-13)12-5-7-14(19)8-6-12;1-3-7-13-10-11(2)15-14(17-13)16-12-8-5-4-6-9-12;1-9-8-10(2)14-12(13-9)15-11-6-4-3-5-7-11;1-2-4-5-3-1/h2*1-11,22H;4-6,8-10H,1-2H3,(H,15,16,17);3-8H,1-2H3,(H,13,14,15);1-5H. The number of benzene rings is 6. The van der Waals surface area contributed by atoms with E-state index in [9.17, 15) is 14.6 Å². The van der Waals surface area contributed by atoms with Gasteiger partial charge in [-0.3, -0.25) is 0 Å². The molecule has 0 amide bonds. The van der Waals surface area contributed by atoms with Crippen LogP contribution in [0, 0.1) is 38.4 Å². The van der Waals surface area contributed by atoms with E-state index in [2.05, 4.69) is 67.3 Å². The van der Waals surface area contributed by atoms with Crippen LogP contribution in [0.2, 0.25) is 15.1 Å². The van der Waals surface area contributed by atoms with Crippen molar-refractivity contribution in [3.05, 3.63) is 309 Å². The lowest BCUT2D eigenvalue weighted by Crippen LogP contribution is -2.29. The number of halogens is 4. The molecule has 0 radical (unpaired) electrons. The molecule has 0 aliphatic rings. The number of aryl methyl sites for hydroxylation is 3. The van der Waals surface area contributed by atoms with Crippen LogP contribution >= 0.6 is 34.8 Å². The van der Waals surface area contributed by atoms with E-state index in [1.807, 2.05) is 148 Å². The zero-order valence-corrected chi connectivity index (χ0v) is 46.7. The summed E-state index contributed by atoms with van der Waals surface area (Å²) in [7, 11) is 0. The summed E-state index contributed by atoms with van der Waals surface area (Å²) in [5.41, 5.74) is 5.69. The summed E-state index contributed by atoms with van der Waals surface area (Å²) in [5.74, 6) is 6.62. The van der Waals surface area contributed by atoms with Crippen LogP contribution in [0.1, 0.15) is 63.1 Å². The lowest BCUT2D eigenvalue weighted by atomic mass is 9.81. The second-order valence-corrected chi connectivity index (χ2v) is 18.8. The van der Waals surface area contributed by atoms with Crippen LogP contribution in [0.3, 0.4) is 0 Å². The maximum atomic E-state index is 13.2. The fraction of sp³-hybridized carbons (Fsp3) is 0.0938. The molecule has 6 aromatic carbocycles. The molecule has 0 aliphatic heterocycles. The second-order valence-electron chi connectivity index (χ2n) is 17.6. The number of para-hydroxylation sites is 2. The Balaban J connectivity index is 0.000000153. The minimum atomic E-state index is -1.56. The van der Waals surface area contributed by atoms with Crippen LogP contribution in [-0.2, 0) is 11.2 Å². The summed E-state index contributed by atoms with van der Waals surface area (Å²) in [6, 6.07) is 54.3. The van der Waals surface area contributed by atoms with Crippen LogP contribution in [0.15, 0.2) is 232 Å². The van der Waals surface area contributed by atoms with Crippen molar-refractivity contribution in [2.45, 2.75) is 38.9 Å². The number of anilines is 4. The first-order valence-electron chi connectivity index (χ1n) is 25.1. The smallest absolute Gasteiger partial charge is 0.228 e. The van der Waals surface area contributed by atoms with Crippen LogP contribution in [-0.4, -0.2) is 55.1 Å². The maximum absolute atomic E-state index is 13.2. The van der Waals surface area contributed by atoms with Gasteiger partial charge in [0, 0.05) is 103 Å². The molecule has 5 heterocycles. The Morgan fingerprint density at radius 1 is 0.469 bits per heavy atom. The Morgan fingerprint density at radius 3 is 1.38 bits per heavy atom. The monoisotopic (exact) mass is 1130 g/mol. The number of rotatable bonds is 10. The third-order valence-corrected chi connectivity index (χ3v) is 12.5. The number of aliphatic hydroxyl groups is 2. The highest BCUT2D eigenvalue weighted by Gasteiger charge is 2.37. The van der Waals surface area contributed by atoms with Gasteiger partial charge in [0.05, 0.1) is 0 Å². The molecule has 0 aliphatic carbocycles. The van der Waals surface area contributed by atoms with Crippen molar-refractivity contribution < 1.29 is 14.6 Å². The van der Waals surface area contributed by atoms with E-state index in [-0.39, 0.29) is 5.82 Å². The van der Waals surface area contributed by atoms with Gasteiger partial charge in [0.15, 0.2) is 0 Å². The molecule has 81 heavy (non-hydrogen) atoms. The average molecular weight is 1140 g/mol. The van der Waals surface area contributed by atoms with Gasteiger partial charge in [-0.25, -0.2) is 44.3 Å². The fourth-order valence-corrected chi connectivity index (χ4v) is 8.83. The third kappa shape index (κ3) is 16.9. The predicted molar refractivity (Wildman–Crippen MR) is 320 cm³/mol. The van der Waals surface area contributed by atoms with Gasteiger partial charge in [0.2, 0.25) is 11.9 Å². The molecule has 11 aromatic rings. The first-order chi connectivity index (χ1) is 39.3. The number of aromatic amines is 1. The zero-order valence-electron chi connectivity index (χ0n) is 44.4. The summed E-state index contributed by atoms with van der Waals surface area (Å²) in [6.45, 7) is 7.65. The predicted octanol–water partition coefficient (Wildman–Crippen LogP) is 14.4. The number of aromatic nitrogens is 9. The lowest BCUT2D eigenvalue weighted by molar-refractivity contribution is 0.124. The highest BCUT2D eigenvalue weighted by Crippen LogP contribution is 2.41. The van der Waals surface area contributed by atoms with Crippen molar-refractivity contribution in [2.24, 2.45) is 0 Å². The molecular weight excluding hydrogens is 1080 g/mol. The van der Waals surface area contributed by atoms with Gasteiger partial charge < -0.3 is 25.8 Å². The fourth-order valence-electron chi connectivity index (χ4n) is 8.01. The number of hydrogen-bond acceptors (Lipinski definition) is 12. The zero-order chi connectivity index (χ0) is 57.5. The largest absolute Gasteiger partial charge is 0.376 e. The molecule has 406 valence electrons. The Labute approximate surface area is 485 Å². The molecule has 0 saturated carbocycles. The van der Waals surface area contributed by atoms with E-state index in [1.54, 1.807) is 61.8 Å². The number of H-pyrrole nitrogens is 1. The minimum Gasteiger partial charge on any atom is -0.376 e. The van der Waals surface area contributed by atoms with Crippen LogP contribution < -0.4 is 10.6 Å². The van der Waals surface area contributed by atoms with Gasteiger partial charge in [0.1, 0.15) is 35.4 Å². The van der Waals surface area contributed by atoms with Crippen molar-refractivity contribution in [3.8, 4) is 11.8 Å². The summed E-state index contributed by atoms with van der Waals surface area (Å²) in [5, 5.41) is 30.5. The second kappa shape index (κ2) is 29.7. The van der Waals surface area contributed by atoms with Crippen LogP contribution in [0.25, 0.3) is 0 Å². The minimum absolute atomic E-state index is 0.378. The molecule has 5 aromatic heterocycles. The number of nitrogens with one attached hydrogen (secondary N) is 3. The normalized spacial score (nSPS) is 11.7. The number of nitrogens with zero attached hydrogens (tertiary/aromatic N) is 8. The van der Waals surface area contributed by atoms with Crippen molar-refractivity contribution in [1.82, 2.24) is 44.9 Å². The Hall–Kier alpha value is -9.20. The molecule has 5 N–H and O–H groups in total. The average Bonchev–Trinajstić information content (AvgIpc) is 4.23. The molecule has 2 unspecified atom stereocenters. The quantitative estimate of drug-likeness (QED) is 0.0818. The molecular formula is C64H55Cl3FN11O2. The third-order valence-electron chi connectivity index (χ3n) is 11.6. The van der Waals surface area contributed by atoms with Gasteiger partial charge in [-0.15, -0.1) is 0 Å². The summed E-state index contributed by atoms with van der Waals surface area (Å²) >= 11 is 18.6. The first-order valence-corrected chi connectivity index (χ1v) is 26.2. The number of hydrogen-bond donors (Lipinski definition) is 5. The Morgan fingerprint density at radius 2 is 0.914 bits per heavy atom. The molecule has 17 heteroatoms. The van der Waals surface area contributed by atoms with E-state index in [0.717, 1.165) is 34.2 Å². The Bertz CT molecular complexity index is 3610. The molecule has 13 nitrogen and oxygen atoms in total. The van der Waals surface area contributed by atoms with Crippen molar-refractivity contribution in [2.75, 3.05) is 10.6 Å². The highest BCUT2D eigenvalue weighted by atomic mass is 35.5. The molecule has 0 spiro atoms. The van der Waals surface area contributed by atoms with E-state index >= 15 is 0 Å². The molecule has 2 atom stereocenters. The molecule has 0 bridgehead atoms. The summed E-state index contributed by atoms with van der Waals surface area (Å²) in [4.78, 5) is 36.1. The van der Waals surface area contributed by atoms with Gasteiger partial charge in [-0.1, -0.05) is 144 Å². The topological polar surface area (TPSA) is 183 Å². The van der Waals surface area contributed by atoms with Crippen LogP contribution in [0.4, 0.5) is 27.7 Å². The lowest BCUT2D eigenvalue weighted by Gasteiger charge is -2.30. The van der Waals surface area contributed by atoms with Crippen molar-refractivity contribution in [1.29, 1.82) is 0 Å². The first kappa shape index (κ1) is 59.5. The van der Waals surface area contributed by atoms with E-state index in [1.165, 1.54) is 49.3 Å². The maximum Gasteiger partial charge on any atom is 0.228 e. The molecule has 11 rings (SSSR count). The van der Waals surface area contributed by atoms with Gasteiger partial charge >= 0.3 is 0 Å². The van der Waals surface area contributed by atoms with E-state index < -0.39 is 11.2 Å². The summed E-state index contributed by atoms with van der Waals surface area (Å²) < 4.78 is 13.2.